The number of carbonyl (C=O) groups excluding carboxylic acids is 1. The average molecular weight is 361 g/mol. The lowest BCUT2D eigenvalue weighted by Gasteiger charge is -2.19. The van der Waals surface area contributed by atoms with Crippen molar-refractivity contribution < 1.29 is 24.5 Å². The first-order chi connectivity index (χ1) is 9.67. The van der Waals surface area contributed by atoms with Gasteiger partial charge in [0.25, 0.3) is 0 Å². The molecule has 0 bridgehead atoms. The summed E-state index contributed by atoms with van der Waals surface area (Å²) in [6.07, 6.45) is 0. The van der Waals surface area contributed by atoms with Crippen LogP contribution < -0.4 is 15.4 Å². The maximum absolute atomic E-state index is 11.7. The molecule has 0 aliphatic rings. The number of aryl methyl sites for hydroxylation is 1. The molecule has 1 rings (SSSR count). The molecule has 1 unspecified atom stereocenters. The van der Waals surface area contributed by atoms with Crippen molar-refractivity contribution in [1.29, 1.82) is 0 Å². The van der Waals surface area contributed by atoms with E-state index < -0.39 is 24.1 Å². The number of halogens is 1. The maximum atomic E-state index is 11.7. The first-order valence-electron chi connectivity index (χ1n) is 6.02. The molecule has 8 heteroatoms. The molecule has 2 amide bonds. The molecule has 0 spiro atoms. The Morgan fingerprint density at radius 2 is 2.05 bits per heavy atom. The molecule has 1 aromatic carbocycles. The number of carboxylic acid groups (broad SMARTS) is 1. The van der Waals surface area contributed by atoms with Crippen LogP contribution in [0.1, 0.15) is 12.5 Å². The van der Waals surface area contributed by atoms with Gasteiger partial charge in [0, 0.05) is 4.47 Å². The summed E-state index contributed by atoms with van der Waals surface area (Å²) in [4.78, 5) is 22.5. The van der Waals surface area contributed by atoms with Crippen LogP contribution in [0, 0.1) is 6.92 Å². The van der Waals surface area contributed by atoms with Crippen LogP contribution in [-0.4, -0.2) is 41.5 Å². The molecular formula is C13H17BrN2O5. The number of ether oxygens (including phenoxy) is 1. The second-order valence-corrected chi connectivity index (χ2v) is 5.54. The fourth-order valence-corrected chi connectivity index (χ4v) is 1.76. The fraction of sp³-hybridized carbons (Fsp3) is 0.385. The minimum absolute atomic E-state index is 0.419. The van der Waals surface area contributed by atoms with Gasteiger partial charge in [-0.1, -0.05) is 15.9 Å². The number of aliphatic carboxylic acids is 1. The molecule has 0 aliphatic carbocycles. The van der Waals surface area contributed by atoms with E-state index in [9.17, 15) is 14.7 Å². The summed E-state index contributed by atoms with van der Waals surface area (Å²) in [7, 11) is 1.47. The highest BCUT2D eigenvalue weighted by atomic mass is 79.9. The Morgan fingerprint density at radius 1 is 1.43 bits per heavy atom. The summed E-state index contributed by atoms with van der Waals surface area (Å²) in [6, 6.07) is 2.77. The number of carbonyl (C=O) groups is 2. The van der Waals surface area contributed by atoms with Crippen molar-refractivity contribution in [1.82, 2.24) is 5.32 Å². The van der Waals surface area contributed by atoms with E-state index in [0.717, 1.165) is 17.0 Å². The highest BCUT2D eigenvalue weighted by Gasteiger charge is 2.30. The average Bonchev–Trinajstić information content (AvgIpc) is 2.40. The van der Waals surface area contributed by atoms with E-state index >= 15 is 0 Å². The second kappa shape index (κ2) is 6.77. The number of hydrogen-bond donors (Lipinski definition) is 4. The summed E-state index contributed by atoms with van der Waals surface area (Å²) in [6.45, 7) is 2.54. The quantitative estimate of drug-likeness (QED) is 0.639. The summed E-state index contributed by atoms with van der Waals surface area (Å²) in [5.74, 6) is -0.950. The number of methoxy groups -OCH3 is 1. The van der Waals surface area contributed by atoms with Gasteiger partial charge in [0.1, 0.15) is 5.75 Å². The lowest BCUT2D eigenvalue weighted by Crippen LogP contribution is -2.47. The van der Waals surface area contributed by atoms with E-state index in [1.807, 2.05) is 6.92 Å². The SMILES string of the molecule is COc1cc(C)c(Br)cc1NC(=O)NCC(C)(O)C(=O)O. The van der Waals surface area contributed by atoms with Crippen molar-refractivity contribution in [3.63, 3.8) is 0 Å². The Morgan fingerprint density at radius 3 is 2.57 bits per heavy atom. The van der Waals surface area contributed by atoms with Crippen LogP contribution in [0.15, 0.2) is 16.6 Å². The van der Waals surface area contributed by atoms with Gasteiger partial charge < -0.3 is 25.6 Å². The van der Waals surface area contributed by atoms with Gasteiger partial charge in [-0.2, -0.15) is 0 Å². The van der Waals surface area contributed by atoms with Gasteiger partial charge in [-0.3, -0.25) is 0 Å². The third-order valence-electron chi connectivity index (χ3n) is 2.78. The molecule has 4 N–H and O–H groups in total. The van der Waals surface area contributed by atoms with Gasteiger partial charge in [-0.05, 0) is 31.5 Å². The van der Waals surface area contributed by atoms with E-state index in [2.05, 4.69) is 26.6 Å². The summed E-state index contributed by atoms with van der Waals surface area (Å²) >= 11 is 3.34. The molecule has 116 valence electrons. The third-order valence-corrected chi connectivity index (χ3v) is 3.64. The summed E-state index contributed by atoms with van der Waals surface area (Å²) in [5, 5.41) is 23.1. The Balaban J connectivity index is 2.76. The lowest BCUT2D eigenvalue weighted by molar-refractivity contribution is -0.155. The molecule has 0 aromatic heterocycles. The van der Waals surface area contributed by atoms with Crippen LogP contribution in [0.25, 0.3) is 0 Å². The number of nitrogens with one attached hydrogen (secondary N) is 2. The van der Waals surface area contributed by atoms with Gasteiger partial charge in [0.15, 0.2) is 5.60 Å². The molecule has 0 saturated carbocycles. The van der Waals surface area contributed by atoms with Gasteiger partial charge in [0.2, 0.25) is 0 Å². The van der Waals surface area contributed by atoms with E-state index in [1.54, 1.807) is 12.1 Å². The molecule has 1 atom stereocenters. The monoisotopic (exact) mass is 360 g/mol. The van der Waals surface area contributed by atoms with E-state index in [0.29, 0.717) is 11.4 Å². The number of carboxylic acids is 1. The van der Waals surface area contributed by atoms with Crippen molar-refractivity contribution in [2.75, 3.05) is 19.0 Å². The van der Waals surface area contributed by atoms with E-state index in [4.69, 9.17) is 9.84 Å². The zero-order chi connectivity index (χ0) is 16.2. The minimum Gasteiger partial charge on any atom is -0.495 e. The Bertz CT molecular complexity index is 560. The van der Waals surface area contributed by atoms with Crippen LogP contribution in [0.5, 0.6) is 5.75 Å². The second-order valence-electron chi connectivity index (χ2n) is 4.69. The van der Waals surface area contributed by atoms with Crippen molar-refractivity contribution in [2.24, 2.45) is 0 Å². The van der Waals surface area contributed by atoms with Crippen molar-refractivity contribution in [3.05, 3.63) is 22.2 Å². The zero-order valence-electron chi connectivity index (χ0n) is 11.9. The summed E-state index contributed by atoms with van der Waals surface area (Å²) in [5.41, 5.74) is -0.677. The minimum atomic E-state index is -2.03. The molecule has 1 aromatic rings. The number of hydrogen-bond acceptors (Lipinski definition) is 4. The van der Waals surface area contributed by atoms with E-state index in [1.165, 1.54) is 7.11 Å². The molecule has 7 nitrogen and oxygen atoms in total. The van der Waals surface area contributed by atoms with Crippen LogP contribution in [0.2, 0.25) is 0 Å². The van der Waals surface area contributed by atoms with Gasteiger partial charge in [0.05, 0.1) is 19.3 Å². The fourth-order valence-electron chi connectivity index (χ4n) is 1.42. The number of anilines is 1. The third kappa shape index (κ3) is 4.61. The lowest BCUT2D eigenvalue weighted by atomic mass is 10.1. The molecular weight excluding hydrogens is 344 g/mol. The standard InChI is InChI=1S/C13H17BrN2O5/c1-7-4-10(21-3)9(5-8(7)14)16-12(19)15-6-13(2,20)11(17)18/h4-5,20H,6H2,1-3H3,(H,17,18)(H2,15,16,19). The van der Waals surface area contributed by atoms with Crippen LogP contribution in [0.3, 0.4) is 0 Å². The summed E-state index contributed by atoms with van der Waals surface area (Å²) < 4.78 is 5.95. The van der Waals surface area contributed by atoms with Gasteiger partial charge in [-0.25, -0.2) is 9.59 Å². The molecule has 0 radical (unpaired) electrons. The molecule has 21 heavy (non-hydrogen) atoms. The van der Waals surface area contributed by atoms with Crippen LogP contribution in [0.4, 0.5) is 10.5 Å². The number of amides is 2. The highest BCUT2D eigenvalue weighted by molar-refractivity contribution is 9.10. The predicted molar refractivity (Wildman–Crippen MR) is 80.7 cm³/mol. The maximum Gasteiger partial charge on any atom is 0.337 e. The molecule has 0 fully saturated rings. The van der Waals surface area contributed by atoms with Gasteiger partial charge >= 0.3 is 12.0 Å². The molecule has 0 heterocycles. The Labute approximate surface area is 130 Å². The van der Waals surface area contributed by atoms with E-state index in [-0.39, 0.29) is 0 Å². The molecule has 0 saturated heterocycles. The van der Waals surface area contributed by atoms with Crippen LogP contribution in [-0.2, 0) is 4.79 Å². The smallest absolute Gasteiger partial charge is 0.337 e. The van der Waals surface area contributed by atoms with Crippen LogP contribution >= 0.6 is 15.9 Å². The zero-order valence-corrected chi connectivity index (χ0v) is 13.4. The first-order valence-corrected chi connectivity index (χ1v) is 6.81. The van der Waals surface area contributed by atoms with Crippen molar-refractivity contribution in [3.8, 4) is 5.75 Å². The Kier molecular flexibility index (Phi) is 5.56. The normalized spacial score (nSPS) is 13.2. The molecule has 0 aliphatic heterocycles. The number of rotatable bonds is 5. The van der Waals surface area contributed by atoms with Crippen molar-refractivity contribution >= 4 is 33.6 Å². The van der Waals surface area contributed by atoms with Gasteiger partial charge in [-0.15, -0.1) is 0 Å². The van der Waals surface area contributed by atoms with Crippen molar-refractivity contribution in [2.45, 2.75) is 19.4 Å². The number of benzene rings is 1. The topological polar surface area (TPSA) is 108 Å². The highest BCUT2D eigenvalue weighted by Crippen LogP contribution is 2.30. The Hall–Kier alpha value is -1.80. The predicted octanol–water partition coefficient (Wildman–Crippen LogP) is 1.72. The number of urea groups is 1. The largest absolute Gasteiger partial charge is 0.495 e. The number of aliphatic hydroxyl groups is 1. The first kappa shape index (κ1) is 17.3.